The molecule has 59 heavy (non-hydrogen) atoms. The summed E-state index contributed by atoms with van der Waals surface area (Å²) in [7, 11) is 1.47. The molecule has 2 unspecified atom stereocenters. The summed E-state index contributed by atoms with van der Waals surface area (Å²) >= 11 is 0. The number of ether oxygens (including phenoxy) is 3. The van der Waals surface area contributed by atoms with Gasteiger partial charge < -0.3 is 38.9 Å². The van der Waals surface area contributed by atoms with E-state index in [9.17, 15) is 29.6 Å². The number of hydrogen-bond acceptors (Lipinski definition) is 10. The van der Waals surface area contributed by atoms with Gasteiger partial charge in [-0.15, -0.1) is 0 Å². The minimum atomic E-state index is -4.37. The van der Waals surface area contributed by atoms with Gasteiger partial charge in [0.1, 0.15) is 19.8 Å². The number of quaternary nitrogens is 1. The number of rotatable bonds is 38. The van der Waals surface area contributed by atoms with Crippen molar-refractivity contribution < 1.29 is 57.3 Å². The molecule has 0 aromatic rings. The number of aliphatic hydroxyl groups is 3. The van der Waals surface area contributed by atoms with Gasteiger partial charge in [-0.2, -0.15) is 0 Å². The van der Waals surface area contributed by atoms with Gasteiger partial charge >= 0.3 is 13.8 Å². The summed E-state index contributed by atoms with van der Waals surface area (Å²) in [6.45, 7) is 4.51. The van der Waals surface area contributed by atoms with E-state index in [0.717, 1.165) is 32.1 Å². The first-order chi connectivity index (χ1) is 28.3. The van der Waals surface area contributed by atoms with Crippen molar-refractivity contribution in [2.75, 3.05) is 47.5 Å². The van der Waals surface area contributed by atoms with Crippen molar-refractivity contribution in [2.45, 2.75) is 199 Å². The van der Waals surface area contributed by atoms with Gasteiger partial charge in [-0.05, 0) is 44.6 Å². The highest BCUT2D eigenvalue weighted by Crippen LogP contribution is 2.43. The van der Waals surface area contributed by atoms with Gasteiger partial charge in [-0.1, -0.05) is 141 Å². The summed E-state index contributed by atoms with van der Waals surface area (Å²) in [5.41, 5.74) is 0. The number of nitrogens with zero attached hydrogens (tertiary/aromatic N) is 1. The molecule has 0 amide bonds. The third-order valence-corrected chi connectivity index (χ3v) is 11.5. The average Bonchev–Trinajstić information content (AvgIpc) is 3.17. The molecule has 0 spiro atoms. The average molecular weight is 861 g/mol. The van der Waals surface area contributed by atoms with Crippen LogP contribution in [0.5, 0.6) is 0 Å². The molecule has 346 valence electrons. The van der Waals surface area contributed by atoms with Gasteiger partial charge in [0, 0.05) is 18.8 Å². The van der Waals surface area contributed by atoms with E-state index in [-0.39, 0.29) is 38.6 Å². The second kappa shape index (κ2) is 34.9. The summed E-state index contributed by atoms with van der Waals surface area (Å²) < 4.78 is 40.4. The quantitative estimate of drug-likeness (QED) is 0.0117. The number of allylic oxidation sites excluding steroid dienone is 3. The normalized spacial score (nSPS) is 21.0. The van der Waals surface area contributed by atoms with Gasteiger partial charge in [0.05, 0.1) is 52.3 Å². The van der Waals surface area contributed by atoms with Crippen LogP contribution in [0.1, 0.15) is 168 Å². The zero-order valence-corrected chi connectivity index (χ0v) is 38.7. The van der Waals surface area contributed by atoms with E-state index in [0.29, 0.717) is 36.7 Å². The maximum absolute atomic E-state index is 12.8. The third-order valence-electron chi connectivity index (χ3n) is 10.6. The van der Waals surface area contributed by atoms with E-state index in [2.05, 4.69) is 13.8 Å². The molecule has 0 aromatic heterocycles. The van der Waals surface area contributed by atoms with Crippen molar-refractivity contribution in [1.82, 2.24) is 0 Å². The Balaban J connectivity index is 2.50. The monoisotopic (exact) mass is 861 g/mol. The number of likely N-dealkylation sites (N-methyl/N-ethyl adjacent to an activating group) is 1. The van der Waals surface area contributed by atoms with Crippen LogP contribution in [0.2, 0.25) is 0 Å². The molecule has 1 aliphatic heterocycles. The molecule has 1 heterocycles. The molecule has 1 fully saturated rings. The van der Waals surface area contributed by atoms with Crippen molar-refractivity contribution in [1.29, 1.82) is 0 Å². The van der Waals surface area contributed by atoms with Crippen LogP contribution >= 0.6 is 7.82 Å². The fourth-order valence-corrected chi connectivity index (χ4v) is 7.59. The lowest BCUT2D eigenvalue weighted by Crippen LogP contribution is -2.43. The second-order valence-electron chi connectivity index (χ2n) is 17.4. The summed E-state index contributed by atoms with van der Waals surface area (Å²) in [5.74, 6) is -0.764. The Hall–Kier alpha value is -1.60. The number of phosphoric ester groups is 1. The fraction of sp³-hybridized carbons (Fsp3) is 0.848. The van der Waals surface area contributed by atoms with E-state index < -0.39 is 44.5 Å². The van der Waals surface area contributed by atoms with Crippen LogP contribution < -0.4 is 0 Å². The molecule has 1 saturated heterocycles. The zero-order valence-electron chi connectivity index (χ0n) is 37.8. The molecule has 0 aromatic carbocycles. The van der Waals surface area contributed by atoms with E-state index >= 15 is 0 Å². The van der Waals surface area contributed by atoms with E-state index in [1.807, 2.05) is 39.4 Å². The number of unbranched alkanes of at least 4 members (excludes halogenated alkanes) is 17. The first-order valence-corrected chi connectivity index (χ1v) is 24.7. The minimum absolute atomic E-state index is 0.0298. The Bertz CT molecular complexity index is 1160. The van der Waals surface area contributed by atoms with Crippen LogP contribution in [0.25, 0.3) is 0 Å². The topological polar surface area (TPSA) is 161 Å². The predicted molar refractivity (Wildman–Crippen MR) is 236 cm³/mol. The van der Waals surface area contributed by atoms with Crippen LogP contribution in [0.4, 0.5) is 0 Å². The SMILES string of the molecule is CCCCCCCCCCCCCCCC/C=C\OC[C@H](COP(=O)(O)OCC[N+](C)(C)C)OC(=O)CCC/C=C\C[C@H]1[C@@H](O)CC(O)O[C@@H]1/C=C/[C@@H](O)CCCCC. The Morgan fingerprint density at radius 2 is 1.39 bits per heavy atom. The molecule has 4 N–H and O–H groups in total. The van der Waals surface area contributed by atoms with Gasteiger partial charge in [0.2, 0.25) is 0 Å². The zero-order chi connectivity index (χ0) is 43.6. The molecule has 12 nitrogen and oxygen atoms in total. The number of phosphoric acid groups is 1. The third kappa shape index (κ3) is 32.7. The molecule has 1 aliphatic rings. The second-order valence-corrected chi connectivity index (χ2v) is 18.8. The summed E-state index contributed by atoms with van der Waals surface area (Å²) in [6.07, 6.45) is 31.8. The number of esters is 1. The first kappa shape index (κ1) is 55.4. The highest BCUT2D eigenvalue weighted by atomic mass is 31.2. The standard InChI is InChI=1S/C46H86NO11P/c1-6-8-10-11-12-13-14-15-16-17-18-19-20-21-24-28-35-54-38-41(39-56-59(52,53)55-36-34-47(3,4)5)57-45(50)31-27-23-22-26-30-42-43(49)37-46(51)58-44(42)33-32-40(48)29-25-9-7-2/h22,26,28,32-33,35,40-44,46,48-49,51H,6-21,23-25,27,29-31,34,36-39H2,1-5H3/p+1/b26-22-,33-32+,35-28-/t40-,41+,42-,43-,44+,46?/m0/s1. The molecule has 0 bridgehead atoms. The van der Waals surface area contributed by atoms with Crippen molar-refractivity contribution in [2.24, 2.45) is 5.92 Å². The smallest absolute Gasteiger partial charge is 0.472 e. The van der Waals surface area contributed by atoms with Crippen molar-refractivity contribution in [3.8, 4) is 0 Å². The largest absolute Gasteiger partial charge is 0.498 e. The van der Waals surface area contributed by atoms with Crippen molar-refractivity contribution in [3.63, 3.8) is 0 Å². The lowest BCUT2D eigenvalue weighted by molar-refractivity contribution is -0.870. The maximum atomic E-state index is 12.8. The summed E-state index contributed by atoms with van der Waals surface area (Å²) in [6, 6.07) is 0. The number of hydrogen-bond donors (Lipinski definition) is 4. The molecular weight excluding hydrogens is 773 g/mol. The van der Waals surface area contributed by atoms with Crippen LogP contribution in [0.3, 0.4) is 0 Å². The minimum Gasteiger partial charge on any atom is -0.498 e. The molecule has 13 heteroatoms. The molecule has 1 rings (SSSR count). The fourth-order valence-electron chi connectivity index (χ4n) is 6.85. The van der Waals surface area contributed by atoms with Gasteiger partial charge in [0.15, 0.2) is 12.4 Å². The molecule has 0 radical (unpaired) electrons. The van der Waals surface area contributed by atoms with Crippen LogP contribution in [-0.4, -0.2) is 109 Å². The maximum Gasteiger partial charge on any atom is 0.472 e. The Morgan fingerprint density at radius 3 is 2.02 bits per heavy atom. The number of carbonyl (C=O) groups excluding carboxylic acids is 1. The Labute approximate surface area is 359 Å². The first-order valence-electron chi connectivity index (χ1n) is 23.2. The van der Waals surface area contributed by atoms with E-state index in [1.165, 1.54) is 83.5 Å². The predicted octanol–water partition coefficient (Wildman–Crippen LogP) is 9.84. The highest BCUT2D eigenvalue weighted by Gasteiger charge is 2.35. The van der Waals surface area contributed by atoms with Crippen molar-refractivity contribution >= 4 is 13.8 Å². The summed E-state index contributed by atoms with van der Waals surface area (Å²) in [5, 5.41) is 31.0. The Morgan fingerprint density at radius 1 is 0.797 bits per heavy atom. The summed E-state index contributed by atoms with van der Waals surface area (Å²) in [4.78, 5) is 23.0. The van der Waals surface area contributed by atoms with Gasteiger partial charge in [-0.25, -0.2) is 4.57 Å². The Kier molecular flexibility index (Phi) is 32.8. The van der Waals surface area contributed by atoms with Crippen molar-refractivity contribution in [3.05, 3.63) is 36.6 Å². The lowest BCUT2D eigenvalue weighted by atomic mass is 9.87. The van der Waals surface area contributed by atoms with Crippen LogP contribution in [-0.2, 0) is 32.6 Å². The van der Waals surface area contributed by atoms with E-state index in [1.54, 1.807) is 18.4 Å². The van der Waals surface area contributed by atoms with Crippen LogP contribution in [0.15, 0.2) is 36.6 Å². The lowest BCUT2D eigenvalue weighted by Gasteiger charge is -2.36. The van der Waals surface area contributed by atoms with Crippen LogP contribution in [0, 0.1) is 5.92 Å². The van der Waals surface area contributed by atoms with E-state index in [4.69, 9.17) is 23.3 Å². The molecule has 0 saturated carbocycles. The molecule has 7 atom stereocenters. The van der Waals surface area contributed by atoms with Gasteiger partial charge in [-0.3, -0.25) is 13.8 Å². The number of carbonyl (C=O) groups is 1. The highest BCUT2D eigenvalue weighted by molar-refractivity contribution is 7.47. The molecule has 0 aliphatic carbocycles. The molecular formula is C46H87NO11P+. The number of aliphatic hydroxyl groups excluding tert-OH is 3. The van der Waals surface area contributed by atoms with Gasteiger partial charge in [0.25, 0.3) is 0 Å².